The van der Waals surface area contributed by atoms with Gasteiger partial charge in [0.2, 0.25) is 0 Å². The standard InChI is InChI=1S/C15H17Br2NO2S/c1-10(15-4-3-7-21-15)18-5-6-20-14-9-11(16)13(19-2)8-12(14)17/h3-4,7-10,18H,5-6H2,1-2H3. The summed E-state index contributed by atoms with van der Waals surface area (Å²) >= 11 is 8.71. The second-order valence-corrected chi connectivity index (χ2v) is 7.14. The highest BCUT2D eigenvalue weighted by Gasteiger charge is 2.09. The first-order valence-electron chi connectivity index (χ1n) is 6.54. The van der Waals surface area contributed by atoms with E-state index >= 15 is 0 Å². The fraction of sp³-hybridized carbons (Fsp3) is 0.333. The maximum Gasteiger partial charge on any atom is 0.134 e. The average Bonchev–Trinajstić information content (AvgIpc) is 3.00. The molecule has 1 unspecified atom stereocenters. The molecule has 2 rings (SSSR count). The van der Waals surface area contributed by atoms with Crippen molar-refractivity contribution in [2.75, 3.05) is 20.3 Å². The third kappa shape index (κ3) is 4.71. The van der Waals surface area contributed by atoms with Crippen molar-refractivity contribution in [2.24, 2.45) is 0 Å². The maximum atomic E-state index is 5.79. The summed E-state index contributed by atoms with van der Waals surface area (Å²) in [5.74, 6) is 1.58. The summed E-state index contributed by atoms with van der Waals surface area (Å²) in [7, 11) is 1.64. The van der Waals surface area contributed by atoms with Gasteiger partial charge in [0.1, 0.15) is 18.1 Å². The predicted molar refractivity (Wildman–Crippen MR) is 94.6 cm³/mol. The first-order valence-corrected chi connectivity index (χ1v) is 9.01. The van der Waals surface area contributed by atoms with Crippen LogP contribution in [0.15, 0.2) is 38.6 Å². The quantitative estimate of drug-likeness (QED) is 0.621. The van der Waals surface area contributed by atoms with Gasteiger partial charge in [0.25, 0.3) is 0 Å². The van der Waals surface area contributed by atoms with Crippen LogP contribution in [0.3, 0.4) is 0 Å². The van der Waals surface area contributed by atoms with E-state index in [0.29, 0.717) is 12.6 Å². The zero-order chi connectivity index (χ0) is 15.2. The zero-order valence-corrected chi connectivity index (χ0v) is 15.8. The van der Waals surface area contributed by atoms with Crippen molar-refractivity contribution < 1.29 is 9.47 Å². The van der Waals surface area contributed by atoms with E-state index in [0.717, 1.165) is 27.0 Å². The highest BCUT2D eigenvalue weighted by Crippen LogP contribution is 2.35. The topological polar surface area (TPSA) is 30.5 Å². The van der Waals surface area contributed by atoms with E-state index < -0.39 is 0 Å². The van der Waals surface area contributed by atoms with Gasteiger partial charge < -0.3 is 14.8 Å². The van der Waals surface area contributed by atoms with E-state index in [1.54, 1.807) is 18.4 Å². The molecule has 1 heterocycles. The molecule has 1 aromatic heterocycles. The summed E-state index contributed by atoms with van der Waals surface area (Å²) in [6.45, 7) is 3.55. The van der Waals surface area contributed by atoms with Crippen molar-refractivity contribution in [2.45, 2.75) is 13.0 Å². The molecule has 1 N–H and O–H groups in total. The maximum absolute atomic E-state index is 5.79. The van der Waals surface area contributed by atoms with Gasteiger partial charge in [-0.05, 0) is 62.4 Å². The first kappa shape index (κ1) is 16.8. The lowest BCUT2D eigenvalue weighted by atomic mass is 10.3. The molecule has 0 saturated heterocycles. The number of hydrogen-bond donors (Lipinski definition) is 1. The molecule has 1 aromatic carbocycles. The summed E-state index contributed by atoms with van der Waals surface area (Å²) in [6, 6.07) is 8.35. The van der Waals surface area contributed by atoms with Gasteiger partial charge in [-0.15, -0.1) is 11.3 Å². The third-order valence-corrected chi connectivity index (χ3v) is 5.28. The number of ether oxygens (including phenoxy) is 2. The van der Waals surface area contributed by atoms with E-state index in [2.05, 4.69) is 61.6 Å². The Balaban J connectivity index is 1.82. The lowest BCUT2D eigenvalue weighted by molar-refractivity contribution is 0.305. The Morgan fingerprint density at radius 1 is 1.24 bits per heavy atom. The summed E-state index contributed by atoms with van der Waals surface area (Å²) in [4.78, 5) is 1.34. The Morgan fingerprint density at radius 2 is 1.95 bits per heavy atom. The summed E-state index contributed by atoms with van der Waals surface area (Å²) in [6.07, 6.45) is 0. The van der Waals surface area contributed by atoms with Crippen LogP contribution in [0, 0.1) is 0 Å². The molecule has 3 nitrogen and oxygen atoms in total. The molecule has 1 atom stereocenters. The average molecular weight is 435 g/mol. The minimum absolute atomic E-state index is 0.347. The lowest BCUT2D eigenvalue weighted by Crippen LogP contribution is -2.23. The van der Waals surface area contributed by atoms with Crippen molar-refractivity contribution >= 4 is 43.2 Å². The molecule has 2 aromatic rings. The van der Waals surface area contributed by atoms with Crippen LogP contribution >= 0.6 is 43.2 Å². The van der Waals surface area contributed by atoms with Gasteiger partial charge in [-0.3, -0.25) is 0 Å². The highest BCUT2D eigenvalue weighted by atomic mass is 79.9. The van der Waals surface area contributed by atoms with Crippen LogP contribution in [-0.2, 0) is 0 Å². The molecule has 0 radical (unpaired) electrons. The Bertz CT molecular complexity index is 575. The Morgan fingerprint density at radius 3 is 2.62 bits per heavy atom. The molecule has 0 fully saturated rings. The van der Waals surface area contributed by atoms with Crippen LogP contribution in [-0.4, -0.2) is 20.3 Å². The SMILES string of the molecule is COc1cc(Br)c(OCCNC(C)c2cccs2)cc1Br. The van der Waals surface area contributed by atoms with Crippen molar-refractivity contribution in [1.29, 1.82) is 0 Å². The number of rotatable bonds is 7. The van der Waals surface area contributed by atoms with Crippen LogP contribution in [0.5, 0.6) is 11.5 Å². The Labute approximate surface area is 145 Å². The molecule has 0 bridgehead atoms. The van der Waals surface area contributed by atoms with Crippen LogP contribution in [0.1, 0.15) is 17.8 Å². The van der Waals surface area contributed by atoms with Gasteiger partial charge in [-0.1, -0.05) is 6.07 Å². The number of halogens is 2. The van der Waals surface area contributed by atoms with Crippen LogP contribution in [0.2, 0.25) is 0 Å². The van der Waals surface area contributed by atoms with Gasteiger partial charge in [0.05, 0.1) is 16.1 Å². The number of hydrogen-bond acceptors (Lipinski definition) is 4. The van der Waals surface area contributed by atoms with E-state index in [-0.39, 0.29) is 0 Å². The fourth-order valence-corrected chi connectivity index (χ4v) is 3.53. The molecule has 0 spiro atoms. The molecule has 114 valence electrons. The summed E-state index contributed by atoms with van der Waals surface area (Å²) in [5.41, 5.74) is 0. The van der Waals surface area contributed by atoms with Crippen molar-refractivity contribution in [3.05, 3.63) is 43.5 Å². The molecule has 0 aliphatic heterocycles. The van der Waals surface area contributed by atoms with E-state index in [4.69, 9.17) is 9.47 Å². The number of benzene rings is 1. The molecule has 6 heteroatoms. The Hall–Kier alpha value is -0.560. The number of methoxy groups -OCH3 is 1. The van der Waals surface area contributed by atoms with Crippen molar-refractivity contribution in [3.8, 4) is 11.5 Å². The lowest BCUT2D eigenvalue weighted by Gasteiger charge is -2.14. The van der Waals surface area contributed by atoms with Crippen molar-refractivity contribution in [3.63, 3.8) is 0 Å². The summed E-state index contributed by atoms with van der Waals surface area (Å²) < 4.78 is 12.8. The third-order valence-electron chi connectivity index (χ3n) is 2.99. The second-order valence-electron chi connectivity index (χ2n) is 4.46. The van der Waals surface area contributed by atoms with Crippen LogP contribution in [0.25, 0.3) is 0 Å². The van der Waals surface area contributed by atoms with Crippen molar-refractivity contribution in [1.82, 2.24) is 5.32 Å². The molecular formula is C15H17Br2NO2S. The molecular weight excluding hydrogens is 418 g/mol. The van der Waals surface area contributed by atoms with E-state index in [1.165, 1.54) is 4.88 Å². The minimum Gasteiger partial charge on any atom is -0.496 e. The smallest absolute Gasteiger partial charge is 0.134 e. The van der Waals surface area contributed by atoms with E-state index in [9.17, 15) is 0 Å². The summed E-state index contributed by atoms with van der Waals surface area (Å²) in [5, 5.41) is 5.54. The van der Waals surface area contributed by atoms with E-state index in [1.807, 2.05) is 12.1 Å². The number of thiophene rings is 1. The van der Waals surface area contributed by atoms with Gasteiger partial charge in [0.15, 0.2) is 0 Å². The highest BCUT2D eigenvalue weighted by molar-refractivity contribution is 9.11. The monoisotopic (exact) mass is 433 g/mol. The largest absolute Gasteiger partial charge is 0.496 e. The van der Waals surface area contributed by atoms with Gasteiger partial charge in [-0.2, -0.15) is 0 Å². The minimum atomic E-state index is 0.347. The molecule has 0 aliphatic carbocycles. The number of nitrogens with one attached hydrogen (secondary N) is 1. The van der Waals surface area contributed by atoms with Gasteiger partial charge in [0, 0.05) is 17.5 Å². The normalized spacial score (nSPS) is 12.2. The fourth-order valence-electron chi connectivity index (χ4n) is 1.85. The van der Waals surface area contributed by atoms with Crippen LogP contribution < -0.4 is 14.8 Å². The molecule has 0 aliphatic rings. The first-order chi connectivity index (χ1) is 10.1. The van der Waals surface area contributed by atoms with Crippen LogP contribution in [0.4, 0.5) is 0 Å². The zero-order valence-electron chi connectivity index (χ0n) is 11.9. The molecule has 21 heavy (non-hydrogen) atoms. The van der Waals surface area contributed by atoms with Gasteiger partial charge in [-0.25, -0.2) is 0 Å². The Kier molecular flexibility index (Phi) is 6.54. The second kappa shape index (κ2) is 8.17. The molecule has 0 amide bonds. The van der Waals surface area contributed by atoms with Gasteiger partial charge >= 0.3 is 0 Å². The predicted octanol–water partition coefficient (Wildman–Crippen LogP) is 5.01. The molecule has 0 saturated carbocycles.